The Morgan fingerprint density at radius 1 is 1.36 bits per heavy atom. The molecule has 8 heteroatoms. The second kappa shape index (κ2) is 8.47. The van der Waals surface area contributed by atoms with Crippen LogP contribution in [0.3, 0.4) is 0 Å². The van der Waals surface area contributed by atoms with E-state index in [-0.39, 0.29) is 24.6 Å². The molecule has 3 N–H and O–H groups in total. The lowest BCUT2D eigenvalue weighted by atomic mass is 10.2. The summed E-state index contributed by atoms with van der Waals surface area (Å²) in [5.41, 5.74) is -0.924. The molecule has 0 bridgehead atoms. The highest BCUT2D eigenvalue weighted by Crippen LogP contribution is 2.35. The van der Waals surface area contributed by atoms with E-state index in [1.165, 1.54) is 6.07 Å². The molecule has 1 aromatic carbocycles. The van der Waals surface area contributed by atoms with E-state index in [0.717, 1.165) is 12.1 Å². The second-order valence-electron chi connectivity index (χ2n) is 4.52. The van der Waals surface area contributed by atoms with Crippen LogP contribution in [-0.2, 0) is 6.18 Å². The van der Waals surface area contributed by atoms with Crippen molar-refractivity contribution in [3.05, 3.63) is 23.8 Å². The maximum Gasteiger partial charge on any atom is 0.416 e. The van der Waals surface area contributed by atoms with Gasteiger partial charge in [0.1, 0.15) is 5.75 Å². The first-order valence-electron chi connectivity index (χ1n) is 6.88. The minimum Gasteiger partial charge on any atom is -0.491 e. The van der Waals surface area contributed by atoms with Gasteiger partial charge in [0.25, 0.3) is 0 Å². The number of alkyl halides is 3. The van der Waals surface area contributed by atoms with E-state index in [0.29, 0.717) is 19.4 Å². The van der Waals surface area contributed by atoms with Crippen LogP contribution in [0.15, 0.2) is 18.2 Å². The number of nitrogens with one attached hydrogen (secondary N) is 2. The van der Waals surface area contributed by atoms with Gasteiger partial charge < -0.3 is 20.5 Å². The van der Waals surface area contributed by atoms with Crippen LogP contribution in [0.1, 0.15) is 25.3 Å². The molecular weight excluding hydrogens is 301 g/mol. The summed E-state index contributed by atoms with van der Waals surface area (Å²) in [6.07, 6.45) is -3.47. The van der Waals surface area contributed by atoms with Gasteiger partial charge in [-0.1, -0.05) is 6.92 Å². The molecule has 0 aliphatic heterocycles. The first-order chi connectivity index (χ1) is 10.4. The summed E-state index contributed by atoms with van der Waals surface area (Å²) in [6, 6.07) is 2.26. The van der Waals surface area contributed by atoms with Crippen molar-refractivity contribution in [1.82, 2.24) is 5.32 Å². The minimum absolute atomic E-state index is 0.0511. The maximum atomic E-state index is 12.7. The molecule has 0 saturated carbocycles. The van der Waals surface area contributed by atoms with Gasteiger partial charge in [0, 0.05) is 13.2 Å². The van der Waals surface area contributed by atoms with E-state index in [1.807, 2.05) is 6.92 Å². The van der Waals surface area contributed by atoms with Gasteiger partial charge >= 0.3 is 12.2 Å². The molecule has 0 atom stereocenters. The number of benzene rings is 1. The van der Waals surface area contributed by atoms with Crippen molar-refractivity contribution < 1.29 is 27.8 Å². The van der Waals surface area contributed by atoms with Crippen molar-refractivity contribution in [1.29, 1.82) is 0 Å². The number of rotatable bonds is 7. The standard InChI is InChI=1S/C14H19F3N2O3/c1-2-8-22-12-5-4-10(14(15,16)17)9-11(12)19-13(21)18-6-3-7-20/h4-5,9,20H,2-3,6-8H2,1H3,(H2,18,19,21). The molecule has 0 aliphatic rings. The van der Waals surface area contributed by atoms with Gasteiger partial charge in [-0.05, 0) is 31.0 Å². The zero-order valence-electron chi connectivity index (χ0n) is 12.2. The third-order valence-corrected chi connectivity index (χ3v) is 2.64. The molecule has 1 aromatic rings. The van der Waals surface area contributed by atoms with Gasteiger partial charge in [-0.25, -0.2) is 4.79 Å². The van der Waals surface area contributed by atoms with E-state index in [4.69, 9.17) is 9.84 Å². The average molecular weight is 320 g/mol. The van der Waals surface area contributed by atoms with Gasteiger partial charge in [-0.3, -0.25) is 0 Å². The van der Waals surface area contributed by atoms with Crippen LogP contribution in [0.2, 0.25) is 0 Å². The number of halogens is 3. The Morgan fingerprint density at radius 2 is 2.09 bits per heavy atom. The van der Waals surface area contributed by atoms with E-state index in [1.54, 1.807) is 0 Å². The van der Waals surface area contributed by atoms with Gasteiger partial charge in [0.2, 0.25) is 0 Å². The maximum absolute atomic E-state index is 12.7. The molecule has 1 rings (SSSR count). The van der Waals surface area contributed by atoms with Gasteiger partial charge in [-0.15, -0.1) is 0 Å². The molecule has 22 heavy (non-hydrogen) atoms. The molecule has 0 radical (unpaired) electrons. The zero-order valence-corrected chi connectivity index (χ0v) is 12.2. The Balaban J connectivity index is 2.88. The molecule has 0 aromatic heterocycles. The van der Waals surface area contributed by atoms with E-state index < -0.39 is 17.8 Å². The predicted molar refractivity (Wildman–Crippen MR) is 76.0 cm³/mol. The summed E-state index contributed by atoms with van der Waals surface area (Å²) in [5, 5.41) is 13.4. The molecule has 0 spiro atoms. The topological polar surface area (TPSA) is 70.6 Å². The van der Waals surface area contributed by atoms with Crippen LogP contribution in [0.25, 0.3) is 0 Å². The molecule has 0 unspecified atom stereocenters. The fourth-order valence-electron chi connectivity index (χ4n) is 1.59. The summed E-state index contributed by atoms with van der Waals surface area (Å²) >= 11 is 0. The summed E-state index contributed by atoms with van der Waals surface area (Å²) in [6.45, 7) is 2.31. The molecule has 124 valence electrons. The van der Waals surface area contributed by atoms with Crippen molar-refractivity contribution in [2.24, 2.45) is 0 Å². The van der Waals surface area contributed by atoms with Crippen molar-refractivity contribution in [2.45, 2.75) is 25.9 Å². The summed E-state index contributed by atoms with van der Waals surface area (Å²) < 4.78 is 43.6. The average Bonchev–Trinajstić information content (AvgIpc) is 2.45. The smallest absolute Gasteiger partial charge is 0.416 e. The van der Waals surface area contributed by atoms with Crippen LogP contribution >= 0.6 is 0 Å². The zero-order chi connectivity index (χ0) is 16.6. The van der Waals surface area contributed by atoms with Crippen molar-refractivity contribution >= 4 is 11.7 Å². The summed E-state index contributed by atoms with van der Waals surface area (Å²) in [4.78, 5) is 11.6. The van der Waals surface area contributed by atoms with E-state index in [2.05, 4.69) is 10.6 Å². The number of aliphatic hydroxyl groups is 1. The highest BCUT2D eigenvalue weighted by atomic mass is 19.4. The molecule has 0 heterocycles. The van der Waals surface area contributed by atoms with E-state index >= 15 is 0 Å². The lowest BCUT2D eigenvalue weighted by Crippen LogP contribution is -2.30. The Bertz CT molecular complexity index is 493. The highest BCUT2D eigenvalue weighted by molar-refractivity contribution is 5.91. The number of ether oxygens (including phenoxy) is 1. The second-order valence-corrected chi connectivity index (χ2v) is 4.52. The highest BCUT2D eigenvalue weighted by Gasteiger charge is 2.31. The van der Waals surface area contributed by atoms with Gasteiger partial charge in [0.05, 0.1) is 17.9 Å². The minimum atomic E-state index is -4.51. The first kappa shape index (κ1) is 18.1. The number of aliphatic hydroxyl groups excluding tert-OH is 1. The lowest BCUT2D eigenvalue weighted by molar-refractivity contribution is -0.137. The van der Waals surface area contributed by atoms with Crippen LogP contribution in [0.4, 0.5) is 23.7 Å². The Kier molecular flexibility index (Phi) is 6.97. The van der Waals surface area contributed by atoms with E-state index in [9.17, 15) is 18.0 Å². The number of hydrogen-bond acceptors (Lipinski definition) is 3. The fourth-order valence-corrected chi connectivity index (χ4v) is 1.59. The van der Waals surface area contributed by atoms with Crippen molar-refractivity contribution in [2.75, 3.05) is 25.1 Å². The quantitative estimate of drug-likeness (QED) is 0.676. The summed E-state index contributed by atoms with van der Waals surface area (Å²) in [5.74, 6) is 0.173. The largest absolute Gasteiger partial charge is 0.491 e. The number of carbonyl (C=O) groups is 1. The van der Waals surface area contributed by atoms with Crippen LogP contribution in [0, 0.1) is 0 Å². The molecule has 2 amide bonds. The Labute approximate surface area is 126 Å². The third-order valence-electron chi connectivity index (χ3n) is 2.64. The number of urea groups is 1. The van der Waals surface area contributed by atoms with Crippen LogP contribution in [0.5, 0.6) is 5.75 Å². The number of carbonyl (C=O) groups excluding carboxylic acids is 1. The molecular formula is C14H19F3N2O3. The van der Waals surface area contributed by atoms with Gasteiger partial charge in [0.15, 0.2) is 0 Å². The normalized spacial score (nSPS) is 11.1. The number of anilines is 1. The van der Waals surface area contributed by atoms with Gasteiger partial charge in [-0.2, -0.15) is 13.2 Å². The fraction of sp³-hybridized carbons (Fsp3) is 0.500. The lowest BCUT2D eigenvalue weighted by Gasteiger charge is -2.15. The van der Waals surface area contributed by atoms with Crippen LogP contribution < -0.4 is 15.4 Å². The van der Waals surface area contributed by atoms with Crippen LogP contribution in [-0.4, -0.2) is 30.9 Å². The monoisotopic (exact) mass is 320 g/mol. The number of hydrogen-bond donors (Lipinski definition) is 3. The summed E-state index contributed by atoms with van der Waals surface area (Å²) in [7, 11) is 0. The molecule has 0 aliphatic carbocycles. The third kappa shape index (κ3) is 5.80. The Morgan fingerprint density at radius 3 is 2.68 bits per heavy atom. The first-order valence-corrected chi connectivity index (χ1v) is 6.88. The molecule has 0 fully saturated rings. The predicted octanol–water partition coefficient (Wildman–Crippen LogP) is 3.00. The molecule has 5 nitrogen and oxygen atoms in total. The van der Waals surface area contributed by atoms with Crippen molar-refractivity contribution in [3.63, 3.8) is 0 Å². The Hall–Kier alpha value is -1.96. The SMILES string of the molecule is CCCOc1ccc(C(F)(F)F)cc1NC(=O)NCCCO. The number of amides is 2. The van der Waals surface area contributed by atoms with Crippen molar-refractivity contribution in [3.8, 4) is 5.75 Å². The molecule has 0 saturated heterocycles.